The number of fused-ring (bicyclic) bond motifs is 2. The molecule has 3 N–H and O–H groups in total. The number of carbonyl (C=O) groups excluding carboxylic acids is 1. The van der Waals surface area contributed by atoms with Crippen molar-refractivity contribution < 1.29 is 13.6 Å². The van der Waals surface area contributed by atoms with Crippen molar-refractivity contribution in [3.8, 4) is 33.1 Å². The van der Waals surface area contributed by atoms with E-state index in [4.69, 9.17) is 0 Å². The molecule has 5 heterocycles. The Morgan fingerprint density at radius 2 is 1.89 bits per heavy atom. The molecule has 6 aromatic rings. The quantitative estimate of drug-likeness (QED) is 0.240. The lowest BCUT2D eigenvalue weighted by Crippen LogP contribution is -2.27. The highest BCUT2D eigenvalue weighted by atomic mass is 32.1. The summed E-state index contributed by atoms with van der Waals surface area (Å²) in [6, 6.07) is 9.91. The number of nitrogens with one attached hydrogen (secondary N) is 3. The number of pyridine rings is 2. The van der Waals surface area contributed by atoms with Crippen molar-refractivity contribution in [3.05, 3.63) is 65.9 Å². The first-order chi connectivity index (χ1) is 18.2. The van der Waals surface area contributed by atoms with Gasteiger partial charge >= 0.3 is 0 Å². The van der Waals surface area contributed by atoms with Gasteiger partial charge in [-0.2, -0.15) is 9.49 Å². The van der Waals surface area contributed by atoms with Gasteiger partial charge in [0.15, 0.2) is 16.6 Å². The molecule has 0 aliphatic carbocycles. The number of nitrogens with zero attached hydrogens (tertiary/aromatic N) is 4. The standard InChI is InChI=1S/C27H21F2N7OS/c1-27(2,3)26(37)32-14-10-13(11-30-12-14)15-4-5-17-20(21(15)29)23(36-35-17)25-33-22-16(8-9-31-24(22)34-25)18-6-7-19(28)38-18/h4-12H,1-3H3,(H,32,37)(H,35,36)(H,31,33,34). The molecule has 1 amide bonds. The molecule has 6 rings (SSSR count). The average molecular weight is 530 g/mol. The number of thiophene rings is 1. The maximum absolute atomic E-state index is 16.0. The number of H-pyrrole nitrogens is 2. The molecule has 0 aliphatic heterocycles. The number of hydrogen-bond donors (Lipinski definition) is 3. The van der Waals surface area contributed by atoms with Crippen molar-refractivity contribution in [1.29, 1.82) is 0 Å². The van der Waals surface area contributed by atoms with Crippen LogP contribution in [0.2, 0.25) is 0 Å². The smallest absolute Gasteiger partial charge is 0.229 e. The van der Waals surface area contributed by atoms with E-state index in [1.54, 1.807) is 36.5 Å². The van der Waals surface area contributed by atoms with Gasteiger partial charge in [-0.1, -0.05) is 20.8 Å². The van der Waals surface area contributed by atoms with E-state index in [9.17, 15) is 9.18 Å². The van der Waals surface area contributed by atoms with E-state index in [0.717, 1.165) is 21.8 Å². The summed E-state index contributed by atoms with van der Waals surface area (Å²) in [7, 11) is 0. The topological polar surface area (TPSA) is 112 Å². The van der Waals surface area contributed by atoms with Gasteiger partial charge in [-0.15, -0.1) is 11.3 Å². The lowest BCUT2D eigenvalue weighted by molar-refractivity contribution is -0.123. The normalized spacial score (nSPS) is 11.9. The number of halogens is 2. The molecule has 5 aromatic heterocycles. The number of benzene rings is 1. The van der Waals surface area contributed by atoms with Crippen LogP contribution >= 0.6 is 11.3 Å². The van der Waals surface area contributed by atoms with E-state index >= 15 is 4.39 Å². The Kier molecular flexibility index (Phi) is 5.53. The van der Waals surface area contributed by atoms with Gasteiger partial charge in [-0.3, -0.25) is 14.9 Å². The minimum atomic E-state index is -0.592. The molecule has 0 bridgehead atoms. The molecule has 0 aliphatic rings. The number of rotatable bonds is 4. The Morgan fingerprint density at radius 3 is 2.66 bits per heavy atom. The molecule has 11 heteroatoms. The highest BCUT2D eigenvalue weighted by Gasteiger charge is 2.23. The SMILES string of the molecule is CC(C)(C)C(=O)Nc1cncc(-c2ccc3[nH]nc(-c4nc5nccc(-c6ccc(F)s6)c5[nH]4)c3c2F)c1. The van der Waals surface area contributed by atoms with E-state index in [0.29, 0.717) is 39.3 Å². The van der Waals surface area contributed by atoms with Crippen LogP contribution in [0.3, 0.4) is 0 Å². The van der Waals surface area contributed by atoms with Crippen molar-refractivity contribution in [1.82, 2.24) is 30.1 Å². The summed E-state index contributed by atoms with van der Waals surface area (Å²) in [4.78, 5) is 29.4. The Hall–Kier alpha value is -4.51. The van der Waals surface area contributed by atoms with E-state index in [2.05, 4.69) is 35.5 Å². The minimum Gasteiger partial charge on any atom is -0.335 e. The fourth-order valence-corrected chi connectivity index (χ4v) is 4.89. The van der Waals surface area contributed by atoms with E-state index < -0.39 is 11.2 Å². The Bertz CT molecular complexity index is 1850. The predicted octanol–water partition coefficient (Wildman–Crippen LogP) is 6.55. The number of aromatic amines is 2. The second kappa shape index (κ2) is 8.80. The summed E-state index contributed by atoms with van der Waals surface area (Å²) in [5.74, 6) is -0.363. The van der Waals surface area contributed by atoms with Gasteiger partial charge in [0.25, 0.3) is 0 Å². The van der Waals surface area contributed by atoms with Crippen LogP contribution in [0.15, 0.2) is 55.0 Å². The van der Waals surface area contributed by atoms with E-state index in [1.165, 1.54) is 18.5 Å². The minimum absolute atomic E-state index is 0.173. The number of amides is 1. The van der Waals surface area contributed by atoms with Gasteiger partial charge in [0, 0.05) is 39.4 Å². The molecule has 0 saturated carbocycles. The molecule has 1 aromatic carbocycles. The number of anilines is 1. The van der Waals surface area contributed by atoms with Crippen molar-refractivity contribution in [2.24, 2.45) is 5.41 Å². The molecule has 190 valence electrons. The predicted molar refractivity (Wildman–Crippen MR) is 144 cm³/mol. The molecular formula is C27H21F2N7OS. The highest BCUT2D eigenvalue weighted by Crippen LogP contribution is 2.36. The van der Waals surface area contributed by atoms with Crippen LogP contribution in [0.4, 0.5) is 14.5 Å². The maximum Gasteiger partial charge on any atom is 0.229 e. The largest absolute Gasteiger partial charge is 0.335 e. The molecule has 0 saturated heterocycles. The maximum atomic E-state index is 16.0. The summed E-state index contributed by atoms with van der Waals surface area (Å²) >= 11 is 1.02. The molecule has 38 heavy (non-hydrogen) atoms. The lowest BCUT2D eigenvalue weighted by atomic mass is 9.95. The second-order valence-electron chi connectivity index (χ2n) is 9.83. The highest BCUT2D eigenvalue weighted by molar-refractivity contribution is 7.14. The number of hydrogen-bond acceptors (Lipinski definition) is 6. The van der Waals surface area contributed by atoms with Crippen molar-refractivity contribution >= 4 is 45.0 Å². The number of aromatic nitrogens is 6. The first kappa shape index (κ1) is 23.9. The monoisotopic (exact) mass is 529 g/mol. The number of imidazole rings is 1. The van der Waals surface area contributed by atoms with Crippen LogP contribution in [0.25, 0.3) is 55.2 Å². The molecule has 0 fully saturated rings. The van der Waals surface area contributed by atoms with Gasteiger partial charge in [0.2, 0.25) is 5.91 Å². The fourth-order valence-electron chi connectivity index (χ4n) is 4.13. The van der Waals surface area contributed by atoms with E-state index in [1.807, 2.05) is 20.8 Å². The first-order valence-corrected chi connectivity index (χ1v) is 12.5. The molecule has 0 spiro atoms. The lowest BCUT2D eigenvalue weighted by Gasteiger charge is -2.17. The van der Waals surface area contributed by atoms with Crippen LogP contribution in [-0.4, -0.2) is 36.0 Å². The van der Waals surface area contributed by atoms with Crippen LogP contribution < -0.4 is 5.32 Å². The van der Waals surface area contributed by atoms with Crippen molar-refractivity contribution in [2.45, 2.75) is 20.8 Å². The van der Waals surface area contributed by atoms with Gasteiger partial charge in [0.05, 0.1) is 28.3 Å². The van der Waals surface area contributed by atoms with Crippen LogP contribution in [0, 0.1) is 16.4 Å². The zero-order valence-corrected chi connectivity index (χ0v) is 21.4. The summed E-state index contributed by atoms with van der Waals surface area (Å²) in [6.07, 6.45) is 4.65. The Balaban J connectivity index is 1.44. The zero-order chi connectivity index (χ0) is 26.6. The summed E-state index contributed by atoms with van der Waals surface area (Å²) in [6.45, 7) is 5.43. The van der Waals surface area contributed by atoms with Crippen molar-refractivity contribution in [2.75, 3.05) is 5.32 Å². The zero-order valence-electron chi connectivity index (χ0n) is 20.6. The fraction of sp³-hybridized carbons (Fsp3) is 0.148. The first-order valence-electron chi connectivity index (χ1n) is 11.7. The van der Waals surface area contributed by atoms with Crippen LogP contribution in [-0.2, 0) is 4.79 Å². The van der Waals surface area contributed by atoms with Crippen LogP contribution in [0.1, 0.15) is 20.8 Å². The second-order valence-corrected chi connectivity index (χ2v) is 10.9. The summed E-state index contributed by atoms with van der Waals surface area (Å²) in [5.41, 5.74) is 3.18. The van der Waals surface area contributed by atoms with Gasteiger partial charge in [0.1, 0.15) is 11.5 Å². The number of carbonyl (C=O) groups is 1. The molecular weight excluding hydrogens is 508 g/mol. The van der Waals surface area contributed by atoms with E-state index in [-0.39, 0.29) is 22.1 Å². The molecule has 0 unspecified atom stereocenters. The molecule has 0 atom stereocenters. The third-order valence-corrected chi connectivity index (χ3v) is 7.02. The average Bonchev–Trinajstić information content (AvgIpc) is 3.61. The van der Waals surface area contributed by atoms with Gasteiger partial charge in [-0.25, -0.2) is 14.4 Å². The Morgan fingerprint density at radius 1 is 1.05 bits per heavy atom. The van der Waals surface area contributed by atoms with Gasteiger partial charge in [-0.05, 0) is 36.4 Å². The van der Waals surface area contributed by atoms with Crippen LogP contribution in [0.5, 0.6) is 0 Å². The molecule has 8 nitrogen and oxygen atoms in total. The Labute approximate surface area is 219 Å². The molecule has 0 radical (unpaired) electrons. The summed E-state index contributed by atoms with van der Waals surface area (Å²) in [5, 5.41) is 9.97. The van der Waals surface area contributed by atoms with Gasteiger partial charge < -0.3 is 10.3 Å². The van der Waals surface area contributed by atoms with Crippen molar-refractivity contribution in [3.63, 3.8) is 0 Å². The summed E-state index contributed by atoms with van der Waals surface area (Å²) < 4.78 is 29.7. The third-order valence-electron chi connectivity index (χ3n) is 6.11. The third kappa shape index (κ3) is 4.10.